The molecule has 2 fully saturated rings. The molecule has 1 aliphatic heterocycles. The minimum Gasteiger partial charge on any atom is -0.460 e. The summed E-state index contributed by atoms with van der Waals surface area (Å²) in [7, 11) is -3.91. The number of hydrogen-bond donors (Lipinski definition) is 0. The van der Waals surface area contributed by atoms with E-state index in [-0.39, 0.29) is 30.3 Å². The topological polar surface area (TPSA) is 80.7 Å². The number of aryl methyl sites for hydroxylation is 2. The number of sulfone groups is 1. The fourth-order valence-electron chi connectivity index (χ4n) is 4.86. The van der Waals surface area contributed by atoms with Crippen LogP contribution in [-0.4, -0.2) is 43.0 Å². The van der Waals surface area contributed by atoms with Gasteiger partial charge in [0.15, 0.2) is 14.6 Å². The zero-order valence-corrected chi connectivity index (χ0v) is 20.1. The molecule has 0 N–H and O–H groups in total. The second-order valence-corrected chi connectivity index (χ2v) is 11.5. The number of carbonyl (C=O) groups is 2. The monoisotopic (exact) mass is 469 g/mol. The third kappa shape index (κ3) is 4.43. The van der Waals surface area contributed by atoms with Gasteiger partial charge < -0.3 is 9.64 Å². The first kappa shape index (κ1) is 23.5. The molecule has 0 aromatic heterocycles. The van der Waals surface area contributed by atoms with Gasteiger partial charge in [0.05, 0.1) is 4.90 Å². The normalized spacial score (nSPS) is 17.8. The molecule has 0 radical (unpaired) electrons. The van der Waals surface area contributed by atoms with E-state index in [0.717, 1.165) is 37.1 Å². The highest BCUT2D eigenvalue weighted by Gasteiger charge is 2.54. The number of rotatable bonds is 6. The fourth-order valence-corrected chi connectivity index (χ4v) is 7.22. The van der Waals surface area contributed by atoms with Crippen LogP contribution in [0.4, 0.5) is 0 Å². The van der Waals surface area contributed by atoms with E-state index in [1.54, 1.807) is 43.3 Å². The van der Waals surface area contributed by atoms with Gasteiger partial charge in [-0.15, -0.1) is 0 Å². The Bertz CT molecular complexity index is 1140. The maximum Gasteiger partial charge on any atom is 0.328 e. The molecular weight excluding hydrogens is 438 g/mol. The van der Waals surface area contributed by atoms with Crippen LogP contribution in [0.1, 0.15) is 65.6 Å². The van der Waals surface area contributed by atoms with E-state index in [4.69, 9.17) is 4.74 Å². The van der Waals surface area contributed by atoms with Crippen LogP contribution in [0, 0.1) is 13.8 Å². The number of likely N-dealkylation sites (tertiary alicyclic amines) is 1. The summed E-state index contributed by atoms with van der Waals surface area (Å²) in [5.74, 6) is -0.668. The first-order chi connectivity index (χ1) is 15.7. The van der Waals surface area contributed by atoms with Crippen molar-refractivity contribution in [2.45, 2.75) is 68.6 Å². The molecular formula is C26H31NO5S. The molecule has 176 valence electrons. The number of amides is 1. The van der Waals surface area contributed by atoms with Crippen molar-refractivity contribution >= 4 is 21.7 Å². The van der Waals surface area contributed by atoms with Crippen molar-refractivity contribution in [3.8, 4) is 0 Å². The maximum absolute atomic E-state index is 13.7. The van der Waals surface area contributed by atoms with E-state index in [2.05, 4.69) is 0 Å². The molecule has 0 spiro atoms. The van der Waals surface area contributed by atoms with Crippen LogP contribution in [0.25, 0.3) is 0 Å². The Kier molecular flexibility index (Phi) is 6.61. The minimum absolute atomic E-state index is 0.0144. The molecule has 6 nitrogen and oxygen atoms in total. The van der Waals surface area contributed by atoms with Gasteiger partial charge in [-0.05, 0) is 74.4 Å². The first-order valence-electron chi connectivity index (χ1n) is 11.6. The Morgan fingerprint density at radius 3 is 2.21 bits per heavy atom. The Labute approximate surface area is 195 Å². The SMILES string of the molecule is Cc1ccc(C)c(S(=O)(=O)C2(C(=O)OCc3ccc(C(=O)N4CCCC4)cc3)CCCC2)c1. The van der Waals surface area contributed by atoms with Crippen LogP contribution in [0.3, 0.4) is 0 Å². The highest BCUT2D eigenvalue weighted by atomic mass is 32.2. The molecule has 7 heteroatoms. The lowest BCUT2D eigenvalue weighted by Crippen LogP contribution is -2.45. The largest absolute Gasteiger partial charge is 0.460 e. The van der Waals surface area contributed by atoms with E-state index in [0.29, 0.717) is 24.0 Å². The highest BCUT2D eigenvalue weighted by Crippen LogP contribution is 2.42. The molecule has 1 aliphatic carbocycles. The summed E-state index contributed by atoms with van der Waals surface area (Å²) in [4.78, 5) is 27.8. The second-order valence-electron chi connectivity index (χ2n) is 9.25. The molecule has 33 heavy (non-hydrogen) atoms. The van der Waals surface area contributed by atoms with E-state index in [9.17, 15) is 18.0 Å². The number of carbonyl (C=O) groups excluding carboxylic acids is 2. The minimum atomic E-state index is -3.91. The summed E-state index contributed by atoms with van der Waals surface area (Å²) >= 11 is 0. The summed E-state index contributed by atoms with van der Waals surface area (Å²) < 4.78 is 31.4. The molecule has 2 aromatic carbocycles. The molecule has 4 rings (SSSR count). The third-order valence-electron chi connectivity index (χ3n) is 6.89. The van der Waals surface area contributed by atoms with Crippen LogP contribution >= 0.6 is 0 Å². The Balaban J connectivity index is 1.50. The van der Waals surface area contributed by atoms with E-state index in [1.807, 2.05) is 17.9 Å². The standard InChI is InChI=1S/C26H31NO5S/c1-19-7-8-20(2)23(17-19)33(30,31)26(13-3-4-14-26)25(29)32-18-21-9-11-22(12-10-21)24(28)27-15-5-6-16-27/h7-12,17H,3-6,13-16,18H2,1-2H3. The van der Waals surface area contributed by atoms with Crippen LogP contribution in [0.15, 0.2) is 47.4 Å². The lowest BCUT2D eigenvalue weighted by Gasteiger charge is -2.27. The predicted molar refractivity (Wildman–Crippen MR) is 126 cm³/mol. The van der Waals surface area contributed by atoms with Crippen molar-refractivity contribution in [2.24, 2.45) is 0 Å². The molecule has 1 heterocycles. The van der Waals surface area contributed by atoms with Gasteiger partial charge in [0.1, 0.15) is 6.61 Å². The number of benzene rings is 2. The molecule has 1 saturated carbocycles. The predicted octanol–water partition coefficient (Wildman–Crippen LogP) is 4.37. The summed E-state index contributed by atoms with van der Waals surface area (Å²) in [6.45, 7) is 5.15. The van der Waals surface area contributed by atoms with Crippen LogP contribution in [-0.2, 0) is 26.0 Å². The maximum atomic E-state index is 13.7. The van der Waals surface area contributed by atoms with Gasteiger partial charge >= 0.3 is 5.97 Å². The Hall–Kier alpha value is -2.67. The molecule has 1 amide bonds. The average Bonchev–Trinajstić information content (AvgIpc) is 3.52. The zero-order valence-electron chi connectivity index (χ0n) is 19.3. The van der Waals surface area contributed by atoms with E-state index >= 15 is 0 Å². The third-order valence-corrected chi connectivity index (χ3v) is 9.52. The number of esters is 1. The van der Waals surface area contributed by atoms with Gasteiger partial charge in [-0.25, -0.2) is 8.42 Å². The average molecular weight is 470 g/mol. The summed E-state index contributed by atoms with van der Waals surface area (Å²) in [6, 6.07) is 12.3. The molecule has 0 atom stereocenters. The van der Waals surface area contributed by atoms with Crippen molar-refractivity contribution < 1.29 is 22.7 Å². The molecule has 2 aromatic rings. The summed E-state index contributed by atoms with van der Waals surface area (Å²) in [5, 5.41) is 0. The summed E-state index contributed by atoms with van der Waals surface area (Å²) in [6.07, 6.45) is 3.95. The Morgan fingerprint density at radius 2 is 1.58 bits per heavy atom. The van der Waals surface area contributed by atoms with Crippen LogP contribution in [0.2, 0.25) is 0 Å². The molecule has 0 unspecified atom stereocenters. The van der Waals surface area contributed by atoms with Gasteiger partial charge in [0, 0.05) is 18.7 Å². The lowest BCUT2D eigenvalue weighted by molar-refractivity contribution is -0.148. The van der Waals surface area contributed by atoms with Gasteiger partial charge in [-0.3, -0.25) is 9.59 Å². The van der Waals surface area contributed by atoms with Gasteiger partial charge in [-0.1, -0.05) is 37.1 Å². The molecule has 1 saturated heterocycles. The van der Waals surface area contributed by atoms with Crippen LogP contribution in [0.5, 0.6) is 0 Å². The van der Waals surface area contributed by atoms with Gasteiger partial charge in [0.25, 0.3) is 5.91 Å². The zero-order chi connectivity index (χ0) is 23.6. The summed E-state index contributed by atoms with van der Waals surface area (Å²) in [5.41, 5.74) is 2.80. The number of hydrogen-bond acceptors (Lipinski definition) is 5. The highest BCUT2D eigenvalue weighted by molar-refractivity contribution is 7.93. The van der Waals surface area contributed by atoms with Crippen LogP contribution < -0.4 is 0 Å². The van der Waals surface area contributed by atoms with E-state index in [1.165, 1.54) is 0 Å². The smallest absolute Gasteiger partial charge is 0.328 e. The van der Waals surface area contributed by atoms with Crippen molar-refractivity contribution in [1.29, 1.82) is 0 Å². The van der Waals surface area contributed by atoms with Crippen molar-refractivity contribution in [2.75, 3.05) is 13.1 Å². The Morgan fingerprint density at radius 1 is 0.939 bits per heavy atom. The fraction of sp³-hybridized carbons (Fsp3) is 0.462. The number of ether oxygens (including phenoxy) is 1. The lowest BCUT2D eigenvalue weighted by atomic mass is 10.1. The van der Waals surface area contributed by atoms with Gasteiger partial charge in [0.2, 0.25) is 0 Å². The quantitative estimate of drug-likeness (QED) is 0.587. The molecule has 0 bridgehead atoms. The van der Waals surface area contributed by atoms with Gasteiger partial charge in [-0.2, -0.15) is 0 Å². The van der Waals surface area contributed by atoms with Crippen molar-refractivity contribution in [3.63, 3.8) is 0 Å². The second kappa shape index (κ2) is 9.29. The van der Waals surface area contributed by atoms with Crippen molar-refractivity contribution in [1.82, 2.24) is 4.90 Å². The van der Waals surface area contributed by atoms with Crippen molar-refractivity contribution in [3.05, 3.63) is 64.7 Å². The molecule has 2 aliphatic rings. The van der Waals surface area contributed by atoms with E-state index < -0.39 is 20.6 Å². The first-order valence-corrected chi connectivity index (χ1v) is 13.1. The number of nitrogens with zero attached hydrogens (tertiary/aromatic N) is 1.